The lowest BCUT2D eigenvalue weighted by Gasteiger charge is -2.05. The first-order chi connectivity index (χ1) is 14.5. The molecule has 0 saturated heterocycles. The van der Waals surface area contributed by atoms with Crippen molar-refractivity contribution in [3.63, 3.8) is 0 Å². The number of benzene rings is 2. The molecule has 6 heteroatoms. The zero-order valence-corrected chi connectivity index (χ0v) is 18.2. The number of para-hydroxylation sites is 1. The van der Waals surface area contributed by atoms with Crippen LogP contribution in [0.3, 0.4) is 0 Å². The second-order valence-electron chi connectivity index (χ2n) is 7.17. The van der Waals surface area contributed by atoms with Crippen LogP contribution in [0.1, 0.15) is 27.3 Å². The molecule has 5 nitrogen and oxygen atoms in total. The minimum atomic E-state index is -0.423. The lowest BCUT2D eigenvalue weighted by molar-refractivity contribution is 0.0944. The van der Waals surface area contributed by atoms with Crippen molar-refractivity contribution >= 4 is 38.8 Å². The fourth-order valence-electron chi connectivity index (χ4n) is 3.55. The number of aromatic nitrogens is 3. The van der Waals surface area contributed by atoms with Crippen LogP contribution < -0.4 is 0 Å². The number of carbonyl (C=O) groups is 1. The molecule has 0 unspecified atom stereocenters. The molecule has 0 fully saturated rings. The molecular weight excluding hydrogens is 440 g/mol. The minimum absolute atomic E-state index is 0.0488. The van der Waals surface area contributed by atoms with Crippen LogP contribution in [-0.2, 0) is 6.54 Å². The Morgan fingerprint density at radius 1 is 1.17 bits per heavy atom. The Morgan fingerprint density at radius 2 is 1.90 bits per heavy atom. The second-order valence-corrected chi connectivity index (χ2v) is 8.09. The zero-order chi connectivity index (χ0) is 21.3. The van der Waals surface area contributed by atoms with Gasteiger partial charge in [0.15, 0.2) is 0 Å². The van der Waals surface area contributed by atoms with E-state index in [0.29, 0.717) is 12.2 Å². The molecule has 30 heavy (non-hydrogen) atoms. The monoisotopic (exact) mass is 458 g/mol. The van der Waals surface area contributed by atoms with E-state index in [2.05, 4.69) is 43.8 Å². The summed E-state index contributed by atoms with van der Waals surface area (Å²) in [4.78, 5) is 12.9. The summed E-state index contributed by atoms with van der Waals surface area (Å²) in [5.74, 6) is -0.423. The van der Waals surface area contributed by atoms with Crippen LogP contribution in [0, 0.1) is 25.2 Å². The van der Waals surface area contributed by atoms with Gasteiger partial charge in [-0.15, -0.1) is 0 Å². The largest absolute Gasteiger partial charge is 0.342 e. The summed E-state index contributed by atoms with van der Waals surface area (Å²) in [6.07, 6.45) is 3.64. The van der Waals surface area contributed by atoms with E-state index in [1.165, 1.54) is 4.68 Å². The van der Waals surface area contributed by atoms with Crippen LogP contribution in [0.2, 0.25) is 0 Å². The lowest BCUT2D eigenvalue weighted by Crippen LogP contribution is -2.15. The number of allylic oxidation sites excluding steroid dienone is 1. The van der Waals surface area contributed by atoms with E-state index in [1.54, 1.807) is 13.0 Å². The van der Waals surface area contributed by atoms with Crippen LogP contribution >= 0.6 is 15.9 Å². The molecule has 148 valence electrons. The first-order valence-electron chi connectivity index (χ1n) is 9.48. The maximum Gasteiger partial charge on any atom is 0.289 e. The van der Waals surface area contributed by atoms with Crippen molar-refractivity contribution in [1.29, 1.82) is 5.26 Å². The average Bonchev–Trinajstić information content (AvgIpc) is 3.26. The van der Waals surface area contributed by atoms with Crippen molar-refractivity contribution in [2.45, 2.75) is 20.4 Å². The number of rotatable bonds is 4. The third-order valence-corrected chi connectivity index (χ3v) is 5.47. The SMILES string of the molecule is Cc1cc(C)n(C(=O)/C(C#N)=C/c2cn(Cc3ccc(Br)cc3)c3ccccc23)n1. The molecule has 0 radical (unpaired) electrons. The summed E-state index contributed by atoms with van der Waals surface area (Å²) in [6, 6.07) is 20.0. The van der Waals surface area contributed by atoms with Gasteiger partial charge in [0.05, 0.1) is 5.69 Å². The van der Waals surface area contributed by atoms with Crippen molar-refractivity contribution in [2.75, 3.05) is 0 Å². The molecule has 0 aliphatic heterocycles. The van der Waals surface area contributed by atoms with Gasteiger partial charge in [-0.1, -0.05) is 46.3 Å². The summed E-state index contributed by atoms with van der Waals surface area (Å²) in [6.45, 7) is 4.31. The Kier molecular flexibility index (Phi) is 5.39. The van der Waals surface area contributed by atoms with Crippen molar-refractivity contribution in [2.24, 2.45) is 0 Å². The number of hydrogen-bond donors (Lipinski definition) is 0. The molecule has 4 aromatic rings. The van der Waals surface area contributed by atoms with Gasteiger partial charge in [0, 0.05) is 39.4 Å². The van der Waals surface area contributed by atoms with Crippen molar-refractivity contribution < 1.29 is 4.79 Å². The summed E-state index contributed by atoms with van der Waals surface area (Å²) < 4.78 is 4.45. The van der Waals surface area contributed by atoms with E-state index < -0.39 is 5.91 Å². The normalized spacial score (nSPS) is 11.6. The Labute approximate surface area is 183 Å². The third kappa shape index (κ3) is 3.85. The number of hydrogen-bond acceptors (Lipinski definition) is 3. The van der Waals surface area contributed by atoms with Crippen LogP contribution in [0.5, 0.6) is 0 Å². The fourth-order valence-corrected chi connectivity index (χ4v) is 3.82. The highest BCUT2D eigenvalue weighted by molar-refractivity contribution is 9.10. The number of carbonyl (C=O) groups excluding carboxylic acids is 1. The quantitative estimate of drug-likeness (QED) is 0.299. The third-order valence-electron chi connectivity index (χ3n) is 4.94. The minimum Gasteiger partial charge on any atom is -0.342 e. The summed E-state index contributed by atoms with van der Waals surface area (Å²) in [5.41, 5.74) is 4.53. The molecule has 2 heterocycles. The summed E-state index contributed by atoms with van der Waals surface area (Å²) in [5, 5.41) is 14.9. The van der Waals surface area contributed by atoms with E-state index in [-0.39, 0.29) is 5.57 Å². The standard InChI is InChI=1S/C24H19BrN4O/c1-16-11-17(2)29(27-16)24(30)19(13-26)12-20-15-28(23-6-4-3-5-22(20)23)14-18-7-9-21(25)10-8-18/h3-12,15H,14H2,1-2H3/b19-12+. The average molecular weight is 459 g/mol. The van der Waals surface area contributed by atoms with E-state index in [4.69, 9.17) is 0 Å². The molecule has 0 aliphatic carbocycles. The van der Waals surface area contributed by atoms with E-state index >= 15 is 0 Å². The smallest absolute Gasteiger partial charge is 0.289 e. The Hall–Kier alpha value is -3.43. The molecule has 4 rings (SSSR count). The van der Waals surface area contributed by atoms with Crippen LogP contribution in [0.4, 0.5) is 0 Å². The van der Waals surface area contributed by atoms with Gasteiger partial charge in [-0.3, -0.25) is 4.79 Å². The molecule has 0 N–H and O–H groups in total. The van der Waals surface area contributed by atoms with E-state index in [9.17, 15) is 10.1 Å². The Morgan fingerprint density at radius 3 is 2.57 bits per heavy atom. The van der Waals surface area contributed by atoms with E-state index in [1.807, 2.05) is 55.6 Å². The first kappa shape index (κ1) is 19.9. The predicted molar refractivity (Wildman–Crippen MR) is 121 cm³/mol. The highest BCUT2D eigenvalue weighted by Gasteiger charge is 2.17. The van der Waals surface area contributed by atoms with Crippen LogP contribution in [0.25, 0.3) is 17.0 Å². The topological polar surface area (TPSA) is 63.6 Å². The number of aryl methyl sites for hydroxylation is 2. The molecular formula is C24H19BrN4O. The van der Waals surface area contributed by atoms with Gasteiger partial charge in [0.1, 0.15) is 11.6 Å². The molecule has 0 aliphatic rings. The number of halogens is 1. The molecule has 0 bridgehead atoms. The fraction of sp³-hybridized carbons (Fsp3) is 0.125. The van der Waals surface area contributed by atoms with Gasteiger partial charge in [-0.25, -0.2) is 4.68 Å². The second kappa shape index (κ2) is 8.13. The molecule has 0 atom stereocenters. The van der Waals surface area contributed by atoms with Crippen molar-refractivity contribution in [1.82, 2.24) is 14.3 Å². The van der Waals surface area contributed by atoms with Gasteiger partial charge >= 0.3 is 0 Å². The Balaban J connectivity index is 1.76. The molecule has 2 aromatic heterocycles. The maximum absolute atomic E-state index is 12.9. The van der Waals surface area contributed by atoms with Crippen LogP contribution in [0.15, 0.2) is 70.8 Å². The van der Waals surface area contributed by atoms with Gasteiger partial charge < -0.3 is 4.57 Å². The first-order valence-corrected chi connectivity index (χ1v) is 10.3. The number of nitriles is 1. The lowest BCUT2D eigenvalue weighted by atomic mass is 10.1. The maximum atomic E-state index is 12.9. The van der Waals surface area contributed by atoms with Gasteiger partial charge in [-0.05, 0) is 49.8 Å². The van der Waals surface area contributed by atoms with Crippen molar-refractivity contribution in [3.8, 4) is 6.07 Å². The Bertz CT molecular complexity index is 1320. The molecule has 0 spiro atoms. The zero-order valence-electron chi connectivity index (χ0n) is 16.6. The number of fused-ring (bicyclic) bond motifs is 1. The van der Waals surface area contributed by atoms with E-state index in [0.717, 1.165) is 32.2 Å². The summed E-state index contributed by atoms with van der Waals surface area (Å²) in [7, 11) is 0. The van der Waals surface area contributed by atoms with Gasteiger partial charge in [-0.2, -0.15) is 10.4 Å². The summed E-state index contributed by atoms with van der Waals surface area (Å²) >= 11 is 3.46. The van der Waals surface area contributed by atoms with Gasteiger partial charge in [0.25, 0.3) is 5.91 Å². The van der Waals surface area contributed by atoms with Crippen molar-refractivity contribution in [3.05, 3.63) is 93.4 Å². The van der Waals surface area contributed by atoms with Crippen LogP contribution in [-0.4, -0.2) is 20.3 Å². The van der Waals surface area contributed by atoms with Gasteiger partial charge in [0.2, 0.25) is 0 Å². The molecule has 0 amide bonds. The number of nitrogens with zero attached hydrogens (tertiary/aromatic N) is 4. The highest BCUT2D eigenvalue weighted by Crippen LogP contribution is 2.25. The molecule has 0 saturated carbocycles. The predicted octanol–water partition coefficient (Wildman–Crippen LogP) is 5.51. The molecule has 2 aromatic carbocycles. The highest BCUT2D eigenvalue weighted by atomic mass is 79.9.